The Balaban J connectivity index is 1.60. The molecule has 3 aliphatic rings. The number of fused-ring (bicyclic) bond motifs is 3. The first-order valence-electron chi connectivity index (χ1n) is 8.85. The van der Waals surface area contributed by atoms with E-state index in [-0.39, 0.29) is 12.8 Å². The van der Waals surface area contributed by atoms with E-state index in [0.717, 1.165) is 39.7 Å². The maximum Gasteiger partial charge on any atom is 0.348 e. The molecule has 0 atom stereocenters. The van der Waals surface area contributed by atoms with Crippen LogP contribution >= 0.6 is 27.3 Å². The number of esters is 1. The number of benzene rings is 1. The van der Waals surface area contributed by atoms with Crippen molar-refractivity contribution in [2.45, 2.75) is 19.8 Å². The van der Waals surface area contributed by atoms with E-state index in [4.69, 9.17) is 18.9 Å². The van der Waals surface area contributed by atoms with Gasteiger partial charge < -0.3 is 18.9 Å². The van der Waals surface area contributed by atoms with Crippen LogP contribution in [0.3, 0.4) is 0 Å². The summed E-state index contributed by atoms with van der Waals surface area (Å²) in [4.78, 5) is 13.1. The lowest BCUT2D eigenvalue weighted by molar-refractivity contribution is -0.565. The molecule has 7 nitrogen and oxygen atoms in total. The molecule has 0 saturated carbocycles. The van der Waals surface area contributed by atoms with Crippen molar-refractivity contribution in [2.75, 3.05) is 13.4 Å². The average molecular weight is 464 g/mol. The van der Waals surface area contributed by atoms with Crippen molar-refractivity contribution >= 4 is 45.1 Å². The lowest BCUT2D eigenvalue weighted by Gasteiger charge is -2.14. The molecule has 1 aromatic carbocycles. The molecule has 0 amide bonds. The van der Waals surface area contributed by atoms with E-state index >= 15 is 0 Å². The standard InChI is InChI=1S/C19H15BrN2O5S/c1-2-24-18(23)17-10-4-3-9-7-21-22-16(9)15(10)19(28-17)27-12-6-14-13(5-11(12)20)25-8-26-14/h5-7H,2-4,8H2,1H3,(H,21,22)/p+1. The molecule has 0 bridgehead atoms. The fraction of sp³-hybridized carbons (Fsp3) is 0.263. The fourth-order valence-electron chi connectivity index (χ4n) is 3.50. The Bertz CT molecular complexity index is 1060. The molecule has 0 unspecified atom stereocenters. The van der Waals surface area contributed by atoms with Gasteiger partial charge in [-0.15, -0.1) is 0 Å². The summed E-state index contributed by atoms with van der Waals surface area (Å²) in [6, 6.07) is 3.61. The number of rotatable bonds is 4. The second-order valence-electron chi connectivity index (χ2n) is 6.38. The quantitative estimate of drug-likeness (QED) is 0.554. The Morgan fingerprint density at radius 3 is 2.96 bits per heavy atom. The molecule has 5 rings (SSSR count). The van der Waals surface area contributed by atoms with Gasteiger partial charge in [0.15, 0.2) is 22.3 Å². The van der Waals surface area contributed by atoms with Crippen molar-refractivity contribution in [3.8, 4) is 22.3 Å². The molecule has 2 aromatic rings. The molecule has 0 spiro atoms. The summed E-state index contributed by atoms with van der Waals surface area (Å²) in [7, 11) is 0. The van der Waals surface area contributed by atoms with Gasteiger partial charge in [0.05, 0.1) is 22.9 Å². The van der Waals surface area contributed by atoms with Crippen molar-refractivity contribution in [1.82, 2.24) is 0 Å². The van der Waals surface area contributed by atoms with Crippen LogP contribution in [0, 0.1) is 0 Å². The average Bonchev–Trinajstić information content (AvgIpc) is 3.39. The molecular formula is C19H16BrN2O5S+. The molecular weight excluding hydrogens is 448 g/mol. The predicted octanol–water partition coefficient (Wildman–Crippen LogP) is 3.43. The minimum absolute atomic E-state index is 0.190. The summed E-state index contributed by atoms with van der Waals surface area (Å²) in [6.45, 7) is 2.33. The van der Waals surface area contributed by atoms with Crippen LogP contribution in [0.2, 0.25) is 0 Å². The highest BCUT2D eigenvalue weighted by Crippen LogP contribution is 2.48. The molecule has 3 heterocycles. The molecule has 144 valence electrons. The maximum atomic E-state index is 12.5. The zero-order valence-corrected chi connectivity index (χ0v) is 17.3. The molecule has 9 heteroatoms. The normalized spacial score (nSPS) is 16.2. The Labute approximate surface area is 173 Å². The van der Waals surface area contributed by atoms with Gasteiger partial charge in [0, 0.05) is 17.7 Å². The van der Waals surface area contributed by atoms with E-state index in [1.54, 1.807) is 13.0 Å². The molecule has 0 fully saturated rings. The number of carbonyl (C=O) groups is 1. The van der Waals surface area contributed by atoms with Crippen LogP contribution in [-0.4, -0.2) is 25.6 Å². The maximum absolute atomic E-state index is 12.5. The third-order valence-electron chi connectivity index (χ3n) is 4.76. The highest BCUT2D eigenvalue weighted by molar-refractivity contribution is 9.10. The van der Waals surface area contributed by atoms with Gasteiger partial charge in [-0.1, -0.05) is 16.4 Å². The van der Waals surface area contributed by atoms with Gasteiger partial charge in [-0.25, -0.2) is 4.79 Å². The lowest BCUT2D eigenvalue weighted by atomic mass is 9.91. The summed E-state index contributed by atoms with van der Waals surface area (Å²) in [5.74, 6) is 1.58. The van der Waals surface area contributed by atoms with E-state index < -0.39 is 0 Å². The summed E-state index contributed by atoms with van der Waals surface area (Å²) >= 11 is 4.84. The molecule has 1 aromatic heterocycles. The van der Waals surface area contributed by atoms with E-state index in [1.807, 2.05) is 17.7 Å². The SMILES string of the molecule is CCOC(=O)c1sc(Oc2cc3c(cc2Br)OCO3)c2c1CCC1=C2[NH2+]N=C1. The van der Waals surface area contributed by atoms with Crippen molar-refractivity contribution in [1.29, 1.82) is 0 Å². The van der Waals surface area contributed by atoms with Crippen LogP contribution in [-0.2, 0) is 11.2 Å². The highest BCUT2D eigenvalue weighted by Gasteiger charge is 2.35. The van der Waals surface area contributed by atoms with Crippen molar-refractivity contribution in [3.63, 3.8) is 0 Å². The Morgan fingerprint density at radius 2 is 2.14 bits per heavy atom. The van der Waals surface area contributed by atoms with Gasteiger partial charge in [0.2, 0.25) is 6.79 Å². The second-order valence-corrected chi connectivity index (χ2v) is 8.21. The molecule has 0 radical (unpaired) electrons. The van der Waals surface area contributed by atoms with Gasteiger partial charge in [0.1, 0.15) is 10.6 Å². The van der Waals surface area contributed by atoms with Gasteiger partial charge in [0.25, 0.3) is 0 Å². The van der Waals surface area contributed by atoms with Crippen molar-refractivity contribution in [2.24, 2.45) is 5.10 Å². The topological polar surface area (TPSA) is 83.0 Å². The molecule has 0 saturated heterocycles. The largest absolute Gasteiger partial charge is 0.462 e. The third kappa shape index (κ3) is 2.81. The van der Waals surface area contributed by atoms with Gasteiger partial charge >= 0.3 is 5.97 Å². The van der Waals surface area contributed by atoms with E-state index in [1.165, 1.54) is 11.3 Å². The van der Waals surface area contributed by atoms with Crippen LogP contribution < -0.4 is 19.6 Å². The Morgan fingerprint density at radius 1 is 1.32 bits per heavy atom. The van der Waals surface area contributed by atoms with Crippen LogP contribution in [0.4, 0.5) is 0 Å². The van der Waals surface area contributed by atoms with E-state index in [9.17, 15) is 4.79 Å². The number of carbonyl (C=O) groups excluding carboxylic acids is 1. The first-order chi connectivity index (χ1) is 13.7. The number of nitrogens with two attached hydrogens (primary N) is 1. The van der Waals surface area contributed by atoms with Crippen LogP contribution in [0.25, 0.3) is 5.70 Å². The number of halogens is 1. The van der Waals surface area contributed by atoms with Gasteiger partial charge in [-0.3, -0.25) is 0 Å². The number of nitrogens with zero attached hydrogens (tertiary/aromatic N) is 1. The lowest BCUT2D eigenvalue weighted by Crippen LogP contribution is -2.73. The zero-order chi connectivity index (χ0) is 19.3. The first-order valence-corrected chi connectivity index (χ1v) is 10.5. The van der Waals surface area contributed by atoms with Crippen LogP contribution in [0.5, 0.6) is 22.3 Å². The van der Waals surface area contributed by atoms with E-state index in [2.05, 4.69) is 21.0 Å². The number of ether oxygens (including phenoxy) is 4. The molecule has 2 N–H and O–H groups in total. The number of quaternary nitrogens is 1. The molecule has 1 aliphatic carbocycles. The van der Waals surface area contributed by atoms with Gasteiger partial charge in [-0.05, 0) is 41.3 Å². The summed E-state index contributed by atoms with van der Waals surface area (Å²) in [5.41, 5.74) is 5.90. The minimum Gasteiger partial charge on any atom is -0.462 e. The minimum atomic E-state index is -0.314. The number of thiophene rings is 1. The molecule has 28 heavy (non-hydrogen) atoms. The highest BCUT2D eigenvalue weighted by atomic mass is 79.9. The van der Waals surface area contributed by atoms with Gasteiger partial charge in [-0.2, -0.15) is 5.43 Å². The number of allylic oxidation sites excluding steroid dienone is 1. The van der Waals surface area contributed by atoms with Crippen LogP contribution in [0.1, 0.15) is 34.1 Å². The third-order valence-corrected chi connectivity index (χ3v) is 6.47. The first kappa shape index (κ1) is 17.7. The van der Waals surface area contributed by atoms with Crippen LogP contribution in [0.15, 0.2) is 27.3 Å². The Kier molecular flexibility index (Phi) is 4.37. The van der Waals surface area contributed by atoms with Crippen molar-refractivity contribution < 1.29 is 29.2 Å². The molecule has 2 aliphatic heterocycles. The van der Waals surface area contributed by atoms with E-state index in [0.29, 0.717) is 33.8 Å². The summed E-state index contributed by atoms with van der Waals surface area (Å²) < 4.78 is 23.1. The Hall–Kier alpha value is -2.36. The fourth-order valence-corrected chi connectivity index (χ4v) is 5.03. The number of hydrogen-bond donors (Lipinski definition) is 1. The second kappa shape index (κ2) is 6.91. The monoisotopic (exact) mass is 463 g/mol. The predicted molar refractivity (Wildman–Crippen MR) is 106 cm³/mol. The zero-order valence-electron chi connectivity index (χ0n) is 14.9. The van der Waals surface area contributed by atoms with Crippen molar-refractivity contribution in [3.05, 3.63) is 38.2 Å². The summed E-state index contributed by atoms with van der Waals surface area (Å²) in [5, 5.41) is 4.94. The number of hydrogen-bond acceptors (Lipinski definition) is 7. The summed E-state index contributed by atoms with van der Waals surface area (Å²) in [6.07, 6.45) is 3.48. The smallest absolute Gasteiger partial charge is 0.348 e.